The van der Waals surface area contributed by atoms with Gasteiger partial charge in [-0.05, 0) is 76.1 Å². The van der Waals surface area contributed by atoms with Gasteiger partial charge >= 0.3 is 5.97 Å². The maximum atomic E-state index is 13.3. The van der Waals surface area contributed by atoms with E-state index in [1.807, 2.05) is 6.07 Å². The summed E-state index contributed by atoms with van der Waals surface area (Å²) in [6.07, 6.45) is 0. The van der Waals surface area contributed by atoms with Crippen molar-refractivity contribution in [2.24, 2.45) is 0 Å². The number of rotatable bonds is 5. The third kappa shape index (κ3) is 4.59. The van der Waals surface area contributed by atoms with Gasteiger partial charge < -0.3 is 14.6 Å². The van der Waals surface area contributed by atoms with E-state index in [9.17, 15) is 19.5 Å². The number of benzene rings is 3. The maximum Gasteiger partial charge on any atom is 0.308 e. The molecule has 1 heterocycles. The summed E-state index contributed by atoms with van der Waals surface area (Å²) < 4.78 is 11.0. The van der Waals surface area contributed by atoms with Gasteiger partial charge in [0, 0.05) is 18.2 Å². The number of aliphatic hydroxyl groups is 1. The molecule has 1 unspecified atom stereocenters. The van der Waals surface area contributed by atoms with Crippen LogP contribution in [0.25, 0.3) is 5.76 Å². The Morgan fingerprint density at radius 1 is 1.08 bits per heavy atom. The van der Waals surface area contributed by atoms with E-state index in [1.165, 1.54) is 37.1 Å². The minimum absolute atomic E-state index is 0.138. The van der Waals surface area contributed by atoms with Crippen molar-refractivity contribution in [2.75, 3.05) is 12.0 Å². The summed E-state index contributed by atoms with van der Waals surface area (Å²) in [4.78, 5) is 39.3. The predicted octanol–water partition coefficient (Wildman–Crippen LogP) is 4.88. The smallest absolute Gasteiger partial charge is 0.308 e. The number of carbonyl (C=O) groups is 3. The molecule has 180 valence electrons. The molecule has 0 aromatic heterocycles. The zero-order valence-electron chi connectivity index (χ0n) is 19.2. The van der Waals surface area contributed by atoms with Crippen LogP contribution in [0.2, 0.25) is 0 Å². The fourth-order valence-electron chi connectivity index (χ4n) is 3.99. The highest BCUT2D eigenvalue weighted by Gasteiger charge is 2.47. The number of nitriles is 1. The fourth-order valence-corrected chi connectivity index (χ4v) is 4.53. The normalized spacial score (nSPS) is 16.5. The molecule has 9 heteroatoms. The lowest BCUT2D eigenvalue weighted by molar-refractivity contribution is -0.132. The van der Waals surface area contributed by atoms with Gasteiger partial charge in [-0.2, -0.15) is 5.26 Å². The molecule has 3 aromatic carbocycles. The summed E-state index contributed by atoms with van der Waals surface area (Å²) in [5, 5.41) is 20.4. The second-order valence-electron chi connectivity index (χ2n) is 7.84. The minimum atomic E-state index is -1.03. The van der Waals surface area contributed by atoms with Gasteiger partial charge in [0.2, 0.25) is 0 Å². The number of ether oxygens (including phenoxy) is 2. The number of anilines is 1. The first-order valence-corrected chi connectivity index (χ1v) is 11.5. The van der Waals surface area contributed by atoms with Crippen LogP contribution in [-0.2, 0) is 14.4 Å². The van der Waals surface area contributed by atoms with Crippen molar-refractivity contribution in [1.29, 1.82) is 5.26 Å². The zero-order chi connectivity index (χ0) is 26.0. The summed E-state index contributed by atoms with van der Waals surface area (Å²) in [5.74, 6) is -1.90. The van der Waals surface area contributed by atoms with Crippen LogP contribution in [0.1, 0.15) is 29.7 Å². The molecule has 1 saturated heterocycles. The van der Waals surface area contributed by atoms with Crippen LogP contribution in [-0.4, -0.2) is 29.9 Å². The number of aliphatic hydroxyl groups excluding tert-OH is 1. The van der Waals surface area contributed by atoms with E-state index < -0.39 is 23.7 Å². The molecule has 0 bridgehead atoms. The zero-order valence-corrected chi connectivity index (χ0v) is 20.8. The lowest BCUT2D eigenvalue weighted by Crippen LogP contribution is -2.29. The van der Waals surface area contributed by atoms with Crippen molar-refractivity contribution in [3.8, 4) is 17.6 Å². The fraction of sp³-hybridized carbons (Fsp3) is 0.111. The minimum Gasteiger partial charge on any atom is -0.507 e. The van der Waals surface area contributed by atoms with Crippen LogP contribution >= 0.6 is 15.9 Å². The Kier molecular flexibility index (Phi) is 6.90. The van der Waals surface area contributed by atoms with Crippen molar-refractivity contribution >= 4 is 45.0 Å². The van der Waals surface area contributed by atoms with Crippen molar-refractivity contribution in [3.05, 3.63) is 93.5 Å². The Bertz CT molecular complexity index is 1460. The highest BCUT2D eigenvalue weighted by atomic mass is 79.9. The van der Waals surface area contributed by atoms with Crippen LogP contribution < -0.4 is 14.4 Å². The maximum absolute atomic E-state index is 13.3. The number of nitrogens with zero attached hydrogens (tertiary/aromatic N) is 2. The number of methoxy groups -OCH3 is 1. The van der Waals surface area contributed by atoms with E-state index in [0.29, 0.717) is 32.6 Å². The largest absolute Gasteiger partial charge is 0.507 e. The lowest BCUT2D eigenvalue weighted by atomic mass is 9.95. The number of esters is 1. The molecule has 0 radical (unpaired) electrons. The van der Waals surface area contributed by atoms with Gasteiger partial charge in [-0.3, -0.25) is 19.3 Å². The van der Waals surface area contributed by atoms with Gasteiger partial charge in [-0.1, -0.05) is 12.1 Å². The Morgan fingerprint density at radius 3 is 2.42 bits per heavy atom. The van der Waals surface area contributed by atoms with Crippen LogP contribution in [0, 0.1) is 11.3 Å². The molecule has 1 fully saturated rings. The predicted molar refractivity (Wildman–Crippen MR) is 134 cm³/mol. The van der Waals surface area contributed by atoms with Crippen LogP contribution in [0.15, 0.2) is 76.8 Å². The highest BCUT2D eigenvalue weighted by molar-refractivity contribution is 9.10. The quantitative estimate of drug-likeness (QED) is 0.159. The van der Waals surface area contributed by atoms with Gasteiger partial charge in [0.05, 0.1) is 34.8 Å². The highest BCUT2D eigenvalue weighted by Crippen LogP contribution is 2.43. The number of hydrogen-bond donors (Lipinski definition) is 1. The number of Topliss-reactive ketones (excluding diaryl/α,β-unsaturated/α-hetero) is 1. The van der Waals surface area contributed by atoms with E-state index in [2.05, 4.69) is 15.9 Å². The molecule has 8 nitrogen and oxygen atoms in total. The van der Waals surface area contributed by atoms with E-state index in [1.54, 1.807) is 48.5 Å². The Hall–Kier alpha value is -4.42. The standard InChI is InChI=1S/C27H19BrN2O6/c1-15(31)36-20-5-3-4-17(12-20)24-23(25(32)18-8-11-22(35-2)21(28)13-18)26(33)27(34)30(24)19-9-6-16(14-29)7-10-19/h3-13,24,32H,1-2H3/b25-23+. The third-order valence-electron chi connectivity index (χ3n) is 5.58. The summed E-state index contributed by atoms with van der Waals surface area (Å²) in [6.45, 7) is 1.26. The lowest BCUT2D eigenvalue weighted by Gasteiger charge is -2.25. The molecule has 0 spiro atoms. The molecular weight excluding hydrogens is 528 g/mol. The van der Waals surface area contributed by atoms with Crippen LogP contribution in [0.4, 0.5) is 5.69 Å². The molecule has 1 atom stereocenters. The SMILES string of the molecule is COc1ccc(/C(O)=C2\C(=O)C(=O)N(c3ccc(C#N)cc3)C2c2cccc(OC(C)=O)c2)cc1Br. The van der Waals surface area contributed by atoms with Gasteiger partial charge in [-0.15, -0.1) is 0 Å². The van der Waals surface area contributed by atoms with Crippen LogP contribution in [0.3, 0.4) is 0 Å². The first-order chi connectivity index (χ1) is 17.2. The van der Waals surface area contributed by atoms with Crippen molar-refractivity contribution in [2.45, 2.75) is 13.0 Å². The van der Waals surface area contributed by atoms with Gasteiger partial charge in [0.25, 0.3) is 11.7 Å². The summed E-state index contributed by atoms with van der Waals surface area (Å²) in [6, 6.07) is 18.3. The number of amides is 1. The van der Waals surface area contributed by atoms with Gasteiger partial charge in [0.15, 0.2) is 0 Å². The average molecular weight is 547 g/mol. The molecule has 36 heavy (non-hydrogen) atoms. The summed E-state index contributed by atoms with van der Waals surface area (Å²) in [5.41, 5.74) is 1.33. The Labute approximate surface area is 215 Å². The molecule has 4 rings (SSSR count). The van der Waals surface area contributed by atoms with E-state index in [4.69, 9.17) is 14.7 Å². The topological polar surface area (TPSA) is 117 Å². The Morgan fingerprint density at radius 2 is 1.81 bits per heavy atom. The average Bonchev–Trinajstić information content (AvgIpc) is 3.13. The molecular formula is C27H19BrN2O6. The number of carbonyl (C=O) groups excluding carboxylic acids is 3. The van der Waals surface area contributed by atoms with Gasteiger partial charge in [-0.25, -0.2) is 0 Å². The van der Waals surface area contributed by atoms with Crippen molar-refractivity contribution in [3.63, 3.8) is 0 Å². The van der Waals surface area contributed by atoms with Gasteiger partial charge in [0.1, 0.15) is 17.3 Å². The summed E-state index contributed by atoms with van der Waals surface area (Å²) >= 11 is 3.37. The molecule has 1 N–H and O–H groups in total. The number of hydrogen-bond acceptors (Lipinski definition) is 7. The second kappa shape index (κ2) is 10.1. The van der Waals surface area contributed by atoms with E-state index in [0.717, 1.165) is 0 Å². The molecule has 0 saturated carbocycles. The summed E-state index contributed by atoms with van der Waals surface area (Å²) in [7, 11) is 1.50. The van der Waals surface area contributed by atoms with E-state index in [-0.39, 0.29) is 17.1 Å². The molecule has 1 amide bonds. The second-order valence-corrected chi connectivity index (χ2v) is 8.70. The van der Waals surface area contributed by atoms with E-state index >= 15 is 0 Å². The van der Waals surface area contributed by atoms with Crippen molar-refractivity contribution in [1.82, 2.24) is 0 Å². The molecule has 3 aromatic rings. The number of ketones is 1. The third-order valence-corrected chi connectivity index (χ3v) is 6.20. The Balaban J connectivity index is 1.93. The first-order valence-electron chi connectivity index (χ1n) is 10.7. The molecule has 0 aliphatic carbocycles. The van der Waals surface area contributed by atoms with Crippen molar-refractivity contribution < 1.29 is 29.0 Å². The molecule has 1 aliphatic heterocycles. The first kappa shape index (κ1) is 24.7. The monoisotopic (exact) mass is 546 g/mol. The number of halogens is 1. The molecule has 1 aliphatic rings. The van der Waals surface area contributed by atoms with Crippen LogP contribution in [0.5, 0.6) is 11.5 Å².